The monoisotopic (exact) mass is 278 g/mol. The van der Waals surface area contributed by atoms with Crippen LogP contribution in [0, 0.1) is 0 Å². The fourth-order valence-corrected chi connectivity index (χ4v) is 1.27. The van der Waals surface area contributed by atoms with E-state index < -0.39 is 12.1 Å². The highest BCUT2D eigenvalue weighted by Gasteiger charge is 2.32. The molecule has 0 aliphatic rings. The average Bonchev–Trinajstić information content (AvgIpc) is 2.34. The molecule has 1 rings (SSSR count). The van der Waals surface area contributed by atoms with E-state index in [9.17, 15) is 18.0 Å². The van der Waals surface area contributed by atoms with Gasteiger partial charge < -0.3 is 9.47 Å². The van der Waals surface area contributed by atoms with E-state index in [1.54, 1.807) is 0 Å². The number of alkyl halides is 3. The Morgan fingerprint density at radius 3 is 2.47 bits per heavy atom. The SMILES string of the molecule is NNC(=O)CCCOc1ccccc1OC(F)(F)F. The van der Waals surface area contributed by atoms with Crippen LogP contribution >= 0.6 is 0 Å². The number of hydrogen-bond donors (Lipinski definition) is 2. The van der Waals surface area contributed by atoms with Crippen LogP contribution in [0.5, 0.6) is 11.5 Å². The molecule has 0 unspecified atom stereocenters. The maximum atomic E-state index is 12.1. The van der Waals surface area contributed by atoms with Gasteiger partial charge in [-0.15, -0.1) is 13.2 Å². The van der Waals surface area contributed by atoms with Crippen LogP contribution in [0.3, 0.4) is 0 Å². The predicted molar refractivity (Wildman–Crippen MR) is 60.2 cm³/mol. The fraction of sp³-hybridized carbons (Fsp3) is 0.364. The zero-order valence-corrected chi connectivity index (χ0v) is 9.87. The summed E-state index contributed by atoms with van der Waals surface area (Å²) in [5, 5.41) is 0. The number of nitrogens with two attached hydrogens (primary N) is 1. The average molecular weight is 278 g/mol. The highest BCUT2D eigenvalue weighted by molar-refractivity contribution is 5.75. The molecule has 0 spiro atoms. The van der Waals surface area contributed by atoms with Gasteiger partial charge in [0.15, 0.2) is 11.5 Å². The summed E-state index contributed by atoms with van der Waals surface area (Å²) < 4.78 is 45.3. The lowest BCUT2D eigenvalue weighted by Crippen LogP contribution is -2.30. The zero-order valence-electron chi connectivity index (χ0n) is 9.87. The first kappa shape index (κ1) is 15.1. The Kier molecular flexibility index (Phi) is 5.43. The number of rotatable bonds is 6. The van der Waals surface area contributed by atoms with Crippen LogP contribution < -0.4 is 20.7 Å². The van der Waals surface area contributed by atoms with Crippen LogP contribution in [0.15, 0.2) is 24.3 Å². The Bertz CT molecular complexity index is 424. The molecule has 19 heavy (non-hydrogen) atoms. The van der Waals surface area contributed by atoms with Gasteiger partial charge in [-0.25, -0.2) is 5.84 Å². The number of halogens is 3. The van der Waals surface area contributed by atoms with E-state index in [1.165, 1.54) is 18.2 Å². The Morgan fingerprint density at radius 2 is 1.89 bits per heavy atom. The van der Waals surface area contributed by atoms with Gasteiger partial charge >= 0.3 is 6.36 Å². The maximum absolute atomic E-state index is 12.1. The molecule has 0 heterocycles. The number of hydrazine groups is 1. The molecule has 0 bridgehead atoms. The molecule has 106 valence electrons. The van der Waals surface area contributed by atoms with Crippen molar-refractivity contribution in [3.8, 4) is 11.5 Å². The molecule has 1 aromatic rings. The van der Waals surface area contributed by atoms with Gasteiger partial charge in [0.1, 0.15) is 0 Å². The summed E-state index contributed by atoms with van der Waals surface area (Å²) in [7, 11) is 0. The van der Waals surface area contributed by atoms with Gasteiger partial charge in [-0.2, -0.15) is 0 Å². The second kappa shape index (κ2) is 6.83. The molecule has 0 aliphatic carbocycles. The molecule has 0 saturated carbocycles. The quantitative estimate of drug-likeness (QED) is 0.360. The molecule has 0 aliphatic heterocycles. The largest absolute Gasteiger partial charge is 0.573 e. The highest BCUT2D eigenvalue weighted by Crippen LogP contribution is 2.31. The molecular weight excluding hydrogens is 265 g/mol. The van der Waals surface area contributed by atoms with Gasteiger partial charge in [-0.1, -0.05) is 12.1 Å². The first-order chi connectivity index (χ1) is 8.92. The van der Waals surface area contributed by atoms with Crippen LogP contribution in [-0.4, -0.2) is 18.9 Å². The van der Waals surface area contributed by atoms with Crippen molar-refractivity contribution in [2.45, 2.75) is 19.2 Å². The molecule has 1 amide bonds. The van der Waals surface area contributed by atoms with Crippen molar-refractivity contribution in [2.24, 2.45) is 5.84 Å². The molecule has 0 aromatic heterocycles. The van der Waals surface area contributed by atoms with Gasteiger partial charge in [0.05, 0.1) is 6.61 Å². The van der Waals surface area contributed by atoms with E-state index in [0.29, 0.717) is 6.42 Å². The minimum atomic E-state index is -4.78. The standard InChI is InChI=1S/C11H13F3N2O3/c12-11(13,14)19-9-5-2-1-4-8(9)18-7-3-6-10(17)16-15/h1-2,4-5H,3,6-7,15H2,(H,16,17). The van der Waals surface area contributed by atoms with Crippen LogP contribution in [0.2, 0.25) is 0 Å². The zero-order chi connectivity index (χ0) is 14.3. The molecule has 0 radical (unpaired) electrons. The van der Waals surface area contributed by atoms with E-state index in [-0.39, 0.29) is 24.7 Å². The number of para-hydroxylation sites is 2. The third-order valence-electron chi connectivity index (χ3n) is 2.04. The topological polar surface area (TPSA) is 73.6 Å². The number of nitrogens with one attached hydrogen (secondary N) is 1. The second-order valence-electron chi connectivity index (χ2n) is 3.51. The van der Waals surface area contributed by atoms with Crippen molar-refractivity contribution >= 4 is 5.91 Å². The minimum Gasteiger partial charge on any atom is -0.490 e. The lowest BCUT2D eigenvalue weighted by atomic mass is 10.3. The third kappa shape index (κ3) is 5.96. The highest BCUT2D eigenvalue weighted by atomic mass is 19.4. The van der Waals surface area contributed by atoms with Gasteiger partial charge in [0, 0.05) is 6.42 Å². The van der Waals surface area contributed by atoms with E-state index in [4.69, 9.17) is 10.6 Å². The van der Waals surface area contributed by atoms with Crippen LogP contribution in [0.25, 0.3) is 0 Å². The summed E-state index contributed by atoms with van der Waals surface area (Å²) in [5.41, 5.74) is 1.94. The van der Waals surface area contributed by atoms with E-state index in [1.807, 2.05) is 5.43 Å². The normalized spacial score (nSPS) is 10.9. The summed E-state index contributed by atoms with van der Waals surface area (Å²) in [6, 6.07) is 5.42. The Morgan fingerprint density at radius 1 is 1.26 bits per heavy atom. The molecule has 0 saturated heterocycles. The van der Waals surface area contributed by atoms with Gasteiger partial charge in [0.2, 0.25) is 5.91 Å². The first-order valence-electron chi connectivity index (χ1n) is 5.39. The van der Waals surface area contributed by atoms with E-state index in [2.05, 4.69) is 4.74 Å². The maximum Gasteiger partial charge on any atom is 0.573 e. The predicted octanol–water partition coefficient (Wildman–Crippen LogP) is 1.73. The number of amides is 1. The number of carbonyl (C=O) groups excluding carboxylic acids is 1. The van der Waals surface area contributed by atoms with Crippen molar-refractivity contribution in [3.63, 3.8) is 0 Å². The molecule has 8 heteroatoms. The summed E-state index contributed by atoms with van der Waals surface area (Å²) in [4.78, 5) is 10.8. The summed E-state index contributed by atoms with van der Waals surface area (Å²) in [5.74, 6) is 4.05. The lowest BCUT2D eigenvalue weighted by Gasteiger charge is -2.13. The van der Waals surface area contributed by atoms with Crippen molar-refractivity contribution in [3.05, 3.63) is 24.3 Å². The summed E-state index contributed by atoms with van der Waals surface area (Å²) >= 11 is 0. The summed E-state index contributed by atoms with van der Waals surface area (Å²) in [6.07, 6.45) is -4.33. The lowest BCUT2D eigenvalue weighted by molar-refractivity contribution is -0.275. The van der Waals surface area contributed by atoms with Crippen molar-refractivity contribution in [1.29, 1.82) is 0 Å². The molecular formula is C11H13F3N2O3. The third-order valence-corrected chi connectivity index (χ3v) is 2.04. The smallest absolute Gasteiger partial charge is 0.490 e. The molecule has 1 aromatic carbocycles. The number of carbonyl (C=O) groups is 1. The Labute approximate surface area is 107 Å². The Balaban J connectivity index is 2.51. The minimum absolute atomic E-state index is 0.0343. The number of ether oxygens (including phenoxy) is 2. The van der Waals surface area contributed by atoms with Gasteiger partial charge in [0.25, 0.3) is 0 Å². The first-order valence-corrected chi connectivity index (χ1v) is 5.39. The van der Waals surface area contributed by atoms with Crippen LogP contribution in [-0.2, 0) is 4.79 Å². The fourth-order valence-electron chi connectivity index (χ4n) is 1.27. The van der Waals surface area contributed by atoms with Crippen molar-refractivity contribution < 1.29 is 27.4 Å². The molecule has 5 nitrogen and oxygen atoms in total. The molecule has 0 fully saturated rings. The number of hydrogen-bond acceptors (Lipinski definition) is 4. The van der Waals surface area contributed by atoms with Crippen LogP contribution in [0.4, 0.5) is 13.2 Å². The van der Waals surface area contributed by atoms with Crippen molar-refractivity contribution in [1.82, 2.24) is 5.43 Å². The van der Waals surface area contributed by atoms with E-state index in [0.717, 1.165) is 6.07 Å². The van der Waals surface area contributed by atoms with Crippen molar-refractivity contribution in [2.75, 3.05) is 6.61 Å². The Hall–Kier alpha value is -1.96. The molecule has 0 atom stereocenters. The second-order valence-corrected chi connectivity index (χ2v) is 3.51. The molecule has 3 N–H and O–H groups in total. The summed E-state index contributed by atoms with van der Waals surface area (Å²) in [6.45, 7) is 0.0751. The van der Waals surface area contributed by atoms with E-state index >= 15 is 0 Å². The van der Waals surface area contributed by atoms with Crippen LogP contribution in [0.1, 0.15) is 12.8 Å². The van der Waals surface area contributed by atoms with Gasteiger partial charge in [-0.3, -0.25) is 10.2 Å². The number of benzene rings is 1. The van der Waals surface area contributed by atoms with Gasteiger partial charge in [-0.05, 0) is 18.6 Å².